The normalized spacial score (nSPS) is 14.4. The lowest BCUT2D eigenvalue weighted by Crippen LogP contribution is -2.43. The Balaban J connectivity index is 1.45. The number of anilines is 2. The zero-order valence-electron chi connectivity index (χ0n) is 21.4. The predicted octanol–water partition coefficient (Wildman–Crippen LogP) is 3.78. The molecule has 0 radical (unpaired) electrons. The molecule has 2 amide bonds. The van der Waals surface area contributed by atoms with Crippen molar-refractivity contribution in [1.82, 2.24) is 30.2 Å². The molecule has 39 heavy (non-hydrogen) atoms. The van der Waals surface area contributed by atoms with Gasteiger partial charge in [0.2, 0.25) is 5.95 Å². The molecular formula is C27H26N8O3S. The molecule has 0 saturated carbocycles. The number of carbonyl (C=O) groups excluding carboxylic acids is 1. The molecule has 1 fully saturated rings. The molecule has 12 heteroatoms. The first-order valence-corrected chi connectivity index (χ1v) is 13.2. The van der Waals surface area contributed by atoms with E-state index in [1.54, 1.807) is 37.9 Å². The van der Waals surface area contributed by atoms with Crippen molar-refractivity contribution in [3.05, 3.63) is 54.4 Å². The van der Waals surface area contributed by atoms with Gasteiger partial charge in [-0.25, -0.2) is 24.7 Å². The zero-order chi connectivity index (χ0) is 27.4. The zero-order valence-corrected chi connectivity index (χ0v) is 22.2. The molecule has 3 N–H and O–H groups in total. The molecule has 1 aromatic carbocycles. The number of aliphatic carboxylic acids is 1. The van der Waals surface area contributed by atoms with Gasteiger partial charge in [0.25, 0.3) is 0 Å². The molecule has 198 valence electrons. The van der Waals surface area contributed by atoms with Crippen molar-refractivity contribution in [3.8, 4) is 23.0 Å². The van der Waals surface area contributed by atoms with E-state index < -0.39 is 11.4 Å². The van der Waals surface area contributed by atoms with E-state index in [0.717, 1.165) is 21.4 Å². The van der Waals surface area contributed by atoms with Crippen molar-refractivity contribution in [3.63, 3.8) is 0 Å². The van der Waals surface area contributed by atoms with E-state index in [2.05, 4.69) is 47.4 Å². The van der Waals surface area contributed by atoms with Crippen molar-refractivity contribution in [2.75, 3.05) is 29.9 Å². The number of thiazole rings is 1. The van der Waals surface area contributed by atoms with Gasteiger partial charge in [-0.15, -0.1) is 0 Å². The topological polar surface area (TPSA) is 146 Å². The maximum atomic E-state index is 12.1. The number of nitrogens with one attached hydrogen (secondary N) is 2. The SMILES string of the molecule is CCNC(=O)Nc1nc2cc(-c3cnc(N4CCC(C)(C(=O)O)CC4)nc3)cc(C#Cc3cnccn3)c2s1. The summed E-state index contributed by atoms with van der Waals surface area (Å²) in [5.41, 5.74) is 2.83. The molecule has 0 unspecified atom stereocenters. The molecule has 3 aromatic heterocycles. The number of carboxylic acids is 1. The molecule has 5 rings (SSSR count). The van der Waals surface area contributed by atoms with Crippen molar-refractivity contribution in [1.29, 1.82) is 0 Å². The third-order valence-corrected chi connectivity index (χ3v) is 7.59. The Morgan fingerprint density at radius 2 is 1.85 bits per heavy atom. The summed E-state index contributed by atoms with van der Waals surface area (Å²) in [7, 11) is 0. The molecule has 1 aliphatic heterocycles. The van der Waals surface area contributed by atoms with Crippen LogP contribution in [0.4, 0.5) is 15.9 Å². The van der Waals surface area contributed by atoms with Gasteiger partial charge in [-0.2, -0.15) is 0 Å². The number of hydrogen-bond donors (Lipinski definition) is 3. The predicted molar refractivity (Wildman–Crippen MR) is 149 cm³/mol. The van der Waals surface area contributed by atoms with Crippen LogP contribution in [0.5, 0.6) is 0 Å². The lowest BCUT2D eigenvalue weighted by atomic mass is 9.80. The summed E-state index contributed by atoms with van der Waals surface area (Å²) < 4.78 is 0.828. The van der Waals surface area contributed by atoms with Crippen LogP contribution in [0.3, 0.4) is 0 Å². The van der Waals surface area contributed by atoms with Crippen LogP contribution in [0.1, 0.15) is 37.9 Å². The van der Waals surface area contributed by atoms with Gasteiger partial charge < -0.3 is 15.3 Å². The number of rotatable bonds is 5. The quantitative estimate of drug-likeness (QED) is 0.321. The van der Waals surface area contributed by atoms with Gasteiger partial charge in [0, 0.05) is 55.5 Å². The van der Waals surface area contributed by atoms with Crippen LogP contribution in [-0.4, -0.2) is 61.7 Å². The largest absolute Gasteiger partial charge is 0.481 e. The van der Waals surface area contributed by atoms with Crippen LogP contribution in [0.15, 0.2) is 43.1 Å². The maximum Gasteiger partial charge on any atom is 0.321 e. The van der Waals surface area contributed by atoms with Crippen LogP contribution in [0.25, 0.3) is 21.3 Å². The van der Waals surface area contributed by atoms with Gasteiger partial charge in [0.05, 0.1) is 21.8 Å². The average molecular weight is 543 g/mol. The van der Waals surface area contributed by atoms with E-state index in [-0.39, 0.29) is 6.03 Å². The second-order valence-electron chi connectivity index (χ2n) is 9.34. The van der Waals surface area contributed by atoms with Gasteiger partial charge in [-0.1, -0.05) is 17.3 Å². The minimum atomic E-state index is -0.765. The number of fused-ring (bicyclic) bond motifs is 1. The van der Waals surface area contributed by atoms with Crippen LogP contribution in [0.2, 0.25) is 0 Å². The summed E-state index contributed by atoms with van der Waals surface area (Å²) in [6.45, 7) is 5.29. The highest BCUT2D eigenvalue weighted by Crippen LogP contribution is 2.34. The van der Waals surface area contributed by atoms with Crippen LogP contribution < -0.4 is 15.5 Å². The van der Waals surface area contributed by atoms with E-state index >= 15 is 0 Å². The number of urea groups is 1. The average Bonchev–Trinajstić information content (AvgIpc) is 3.35. The second-order valence-corrected chi connectivity index (χ2v) is 10.3. The monoisotopic (exact) mass is 542 g/mol. The van der Waals surface area contributed by atoms with E-state index in [4.69, 9.17) is 0 Å². The Kier molecular flexibility index (Phi) is 7.33. The van der Waals surface area contributed by atoms with Crippen LogP contribution in [-0.2, 0) is 4.79 Å². The number of benzene rings is 1. The molecule has 4 heterocycles. The first-order chi connectivity index (χ1) is 18.8. The third-order valence-electron chi connectivity index (χ3n) is 6.57. The smallest absolute Gasteiger partial charge is 0.321 e. The molecule has 4 aromatic rings. The van der Waals surface area contributed by atoms with Gasteiger partial charge in [0.1, 0.15) is 5.69 Å². The van der Waals surface area contributed by atoms with Crippen molar-refractivity contribution in [2.45, 2.75) is 26.7 Å². The van der Waals surface area contributed by atoms with E-state index in [1.807, 2.05) is 24.0 Å². The summed E-state index contributed by atoms with van der Waals surface area (Å²) in [5.74, 6) is 6.02. The highest BCUT2D eigenvalue weighted by molar-refractivity contribution is 7.22. The number of carbonyl (C=O) groups is 2. The Bertz CT molecular complexity index is 1570. The van der Waals surface area contributed by atoms with Gasteiger partial charge in [-0.05, 0) is 50.3 Å². The molecule has 1 saturated heterocycles. The van der Waals surface area contributed by atoms with Gasteiger partial charge in [0.15, 0.2) is 5.13 Å². The number of carboxylic acid groups (broad SMARTS) is 1. The Labute approximate surface area is 228 Å². The first kappa shape index (κ1) is 26.0. The molecule has 11 nitrogen and oxygen atoms in total. The minimum absolute atomic E-state index is 0.325. The first-order valence-electron chi connectivity index (χ1n) is 12.4. The van der Waals surface area contributed by atoms with Crippen LogP contribution in [0, 0.1) is 17.3 Å². The summed E-state index contributed by atoms with van der Waals surface area (Å²) >= 11 is 1.34. The standard InChI is InChI=1S/C27H26N8O3S/c1-3-29-25(38)34-26-33-21-13-18(12-17(22(21)39-26)4-5-20-16-28-8-9-30-20)19-14-31-24(32-15-19)35-10-6-27(2,7-11-35)23(36)37/h8-9,12-16H,3,6-7,10-11H2,1-2H3,(H,36,37)(H2,29,33,34,38). The fourth-order valence-electron chi connectivity index (χ4n) is 4.19. The van der Waals surface area contributed by atoms with E-state index in [9.17, 15) is 14.7 Å². The second kappa shape index (κ2) is 11.0. The fourth-order valence-corrected chi connectivity index (χ4v) is 5.10. The third kappa shape index (κ3) is 5.78. The van der Waals surface area contributed by atoms with E-state index in [0.29, 0.717) is 54.8 Å². The number of nitrogens with zero attached hydrogens (tertiary/aromatic N) is 6. The van der Waals surface area contributed by atoms with Gasteiger partial charge >= 0.3 is 12.0 Å². The van der Waals surface area contributed by atoms with Crippen molar-refractivity contribution >= 4 is 44.6 Å². The molecule has 1 aliphatic rings. The minimum Gasteiger partial charge on any atom is -0.481 e. The number of hydrogen-bond acceptors (Lipinski definition) is 9. The summed E-state index contributed by atoms with van der Waals surface area (Å²) in [6.07, 6.45) is 9.33. The fraction of sp³-hybridized carbons (Fsp3) is 0.296. The lowest BCUT2D eigenvalue weighted by molar-refractivity contribution is -0.149. The van der Waals surface area contributed by atoms with Crippen LogP contribution >= 0.6 is 11.3 Å². The summed E-state index contributed by atoms with van der Waals surface area (Å²) in [5, 5.41) is 15.4. The Morgan fingerprint density at radius 3 is 2.51 bits per heavy atom. The maximum absolute atomic E-state index is 12.1. The highest BCUT2D eigenvalue weighted by Gasteiger charge is 2.37. The Hall–Kier alpha value is -4.63. The van der Waals surface area contributed by atoms with Crippen molar-refractivity contribution in [2.24, 2.45) is 5.41 Å². The lowest BCUT2D eigenvalue weighted by Gasteiger charge is -2.36. The summed E-state index contributed by atoms with van der Waals surface area (Å²) in [4.78, 5) is 47.7. The van der Waals surface area contributed by atoms with Gasteiger partial charge in [-0.3, -0.25) is 15.1 Å². The number of piperidine rings is 1. The highest BCUT2D eigenvalue weighted by atomic mass is 32.1. The number of amides is 2. The molecular weight excluding hydrogens is 516 g/mol. The molecule has 0 aliphatic carbocycles. The molecule has 0 bridgehead atoms. The molecule has 0 spiro atoms. The van der Waals surface area contributed by atoms with Crippen molar-refractivity contribution < 1.29 is 14.7 Å². The molecule has 0 atom stereocenters. The summed E-state index contributed by atoms with van der Waals surface area (Å²) in [6, 6.07) is 3.53. The Morgan fingerprint density at radius 1 is 1.08 bits per heavy atom. The number of aromatic nitrogens is 5. The van der Waals surface area contributed by atoms with E-state index in [1.165, 1.54) is 11.3 Å².